The van der Waals surface area contributed by atoms with Crippen molar-refractivity contribution in [3.8, 4) is 11.5 Å². The van der Waals surface area contributed by atoms with E-state index < -0.39 is 11.9 Å². The average molecular weight is 350 g/mol. The highest BCUT2D eigenvalue weighted by Crippen LogP contribution is 2.16. The Hall–Kier alpha value is -3.47. The topological polar surface area (TPSA) is 69.7 Å². The van der Waals surface area contributed by atoms with Crippen LogP contribution in [0.25, 0.3) is 12.2 Å². The van der Waals surface area contributed by atoms with Gasteiger partial charge in [-0.1, -0.05) is 36.4 Å². The summed E-state index contributed by atoms with van der Waals surface area (Å²) >= 11 is 0. The van der Waals surface area contributed by atoms with Crippen molar-refractivity contribution in [2.45, 2.75) is 13.8 Å². The van der Waals surface area contributed by atoms with E-state index in [1.807, 2.05) is 0 Å². The lowest BCUT2D eigenvalue weighted by Crippen LogP contribution is -2.01. The van der Waals surface area contributed by atoms with Gasteiger partial charge in [-0.15, -0.1) is 0 Å². The monoisotopic (exact) mass is 350 g/mol. The van der Waals surface area contributed by atoms with Crippen LogP contribution in [-0.4, -0.2) is 17.7 Å². The van der Waals surface area contributed by atoms with Crippen molar-refractivity contribution in [2.24, 2.45) is 0 Å². The van der Waals surface area contributed by atoms with Gasteiger partial charge in [0, 0.05) is 13.8 Å². The number of carbonyl (C=O) groups is 3. The van der Waals surface area contributed by atoms with Gasteiger partial charge in [-0.05, 0) is 47.5 Å². The van der Waals surface area contributed by atoms with E-state index >= 15 is 0 Å². The van der Waals surface area contributed by atoms with Crippen LogP contribution < -0.4 is 9.47 Å². The molecule has 26 heavy (non-hydrogen) atoms. The first-order chi connectivity index (χ1) is 12.4. The van der Waals surface area contributed by atoms with Gasteiger partial charge in [0.2, 0.25) is 0 Å². The van der Waals surface area contributed by atoms with Crippen LogP contribution in [0.5, 0.6) is 11.5 Å². The molecule has 0 fully saturated rings. The maximum atomic E-state index is 12.0. The molecule has 5 nitrogen and oxygen atoms in total. The Labute approximate surface area is 151 Å². The van der Waals surface area contributed by atoms with Gasteiger partial charge in [0.25, 0.3) is 0 Å². The van der Waals surface area contributed by atoms with Crippen LogP contribution in [0.4, 0.5) is 0 Å². The molecule has 0 aromatic heterocycles. The standard InChI is InChI=1S/C21H18O5/c1-15(22)25-20-7-3-5-17(13-20)9-11-19(24)12-10-18-6-4-8-21(14-18)26-16(2)23/h3-14H,1-2H3/b11-9+,12-10?. The molecule has 132 valence electrons. The fourth-order valence-electron chi connectivity index (χ4n) is 2.11. The molecule has 5 heteroatoms. The lowest BCUT2D eigenvalue weighted by Gasteiger charge is -2.01. The lowest BCUT2D eigenvalue weighted by atomic mass is 10.1. The van der Waals surface area contributed by atoms with E-state index in [0.29, 0.717) is 11.5 Å². The maximum Gasteiger partial charge on any atom is 0.308 e. The number of carbonyl (C=O) groups excluding carboxylic acids is 3. The predicted octanol–water partition coefficient (Wildman–Crippen LogP) is 3.83. The number of esters is 2. The summed E-state index contributed by atoms with van der Waals surface area (Å²) in [4.78, 5) is 33.9. The third kappa shape index (κ3) is 6.57. The molecule has 2 aromatic carbocycles. The molecule has 0 aliphatic carbocycles. The normalized spacial score (nSPS) is 10.8. The number of ketones is 1. The van der Waals surface area contributed by atoms with Gasteiger partial charge < -0.3 is 9.47 Å². The molecule has 0 saturated heterocycles. The van der Waals surface area contributed by atoms with E-state index in [4.69, 9.17) is 9.47 Å². The fraction of sp³-hybridized carbons (Fsp3) is 0.0952. The van der Waals surface area contributed by atoms with Crippen LogP contribution in [0.15, 0.2) is 60.7 Å². The van der Waals surface area contributed by atoms with Crippen molar-refractivity contribution < 1.29 is 23.9 Å². The number of rotatable bonds is 6. The van der Waals surface area contributed by atoms with Crippen molar-refractivity contribution in [2.75, 3.05) is 0 Å². The van der Waals surface area contributed by atoms with E-state index in [2.05, 4.69) is 0 Å². The number of allylic oxidation sites excluding steroid dienone is 2. The largest absolute Gasteiger partial charge is 0.427 e. The Morgan fingerprint density at radius 1 is 0.731 bits per heavy atom. The minimum Gasteiger partial charge on any atom is -0.427 e. The summed E-state index contributed by atoms with van der Waals surface area (Å²) < 4.78 is 10.00. The zero-order chi connectivity index (χ0) is 18.9. The summed E-state index contributed by atoms with van der Waals surface area (Å²) in [7, 11) is 0. The van der Waals surface area contributed by atoms with Crippen molar-refractivity contribution in [1.29, 1.82) is 0 Å². The summed E-state index contributed by atoms with van der Waals surface area (Å²) in [6, 6.07) is 13.7. The van der Waals surface area contributed by atoms with E-state index in [1.165, 1.54) is 26.0 Å². The lowest BCUT2D eigenvalue weighted by molar-refractivity contribution is -0.132. The zero-order valence-corrected chi connectivity index (χ0v) is 14.5. The molecule has 2 aromatic rings. The Morgan fingerprint density at radius 3 is 1.54 bits per heavy atom. The molecule has 0 N–H and O–H groups in total. The van der Waals surface area contributed by atoms with Crippen LogP contribution in [0.3, 0.4) is 0 Å². The van der Waals surface area contributed by atoms with Crippen LogP contribution in [-0.2, 0) is 14.4 Å². The van der Waals surface area contributed by atoms with Crippen molar-refractivity contribution in [3.05, 3.63) is 71.8 Å². The molecular formula is C21H18O5. The molecule has 0 amide bonds. The summed E-state index contributed by atoms with van der Waals surface area (Å²) in [6.07, 6.45) is 6.10. The van der Waals surface area contributed by atoms with Gasteiger partial charge >= 0.3 is 11.9 Å². The first-order valence-electron chi connectivity index (χ1n) is 7.89. The van der Waals surface area contributed by atoms with Crippen molar-refractivity contribution in [3.63, 3.8) is 0 Å². The minimum absolute atomic E-state index is 0.208. The number of benzene rings is 2. The van der Waals surface area contributed by atoms with Crippen LogP contribution >= 0.6 is 0 Å². The van der Waals surface area contributed by atoms with E-state index in [0.717, 1.165) is 11.1 Å². The first-order valence-corrected chi connectivity index (χ1v) is 7.89. The third-order valence-electron chi connectivity index (χ3n) is 3.12. The van der Waals surface area contributed by atoms with Gasteiger partial charge in [-0.25, -0.2) is 0 Å². The molecule has 0 radical (unpaired) electrons. The highest BCUT2D eigenvalue weighted by molar-refractivity contribution is 6.04. The molecule has 2 rings (SSSR count). The highest BCUT2D eigenvalue weighted by atomic mass is 16.5. The van der Waals surface area contributed by atoms with E-state index in [1.54, 1.807) is 60.7 Å². The van der Waals surface area contributed by atoms with Gasteiger partial charge in [0.15, 0.2) is 5.78 Å². The Kier molecular flexibility index (Phi) is 6.62. The molecular weight excluding hydrogens is 332 g/mol. The van der Waals surface area contributed by atoms with Crippen LogP contribution in [0.1, 0.15) is 25.0 Å². The van der Waals surface area contributed by atoms with Crippen molar-refractivity contribution >= 4 is 29.9 Å². The molecule has 0 atom stereocenters. The molecule has 0 saturated carbocycles. The van der Waals surface area contributed by atoms with Gasteiger partial charge in [-0.2, -0.15) is 0 Å². The Balaban J connectivity index is 2.02. The SMILES string of the molecule is CC(=O)Oc1cccc(C=CC(=O)/C=C/c2cccc(OC(C)=O)c2)c1. The predicted molar refractivity (Wildman–Crippen MR) is 98.6 cm³/mol. The highest BCUT2D eigenvalue weighted by Gasteiger charge is 2.00. The Bertz CT molecular complexity index is 806. The quantitative estimate of drug-likeness (QED) is 0.450. The minimum atomic E-state index is -0.402. The fourth-order valence-corrected chi connectivity index (χ4v) is 2.11. The first kappa shape index (κ1) is 18.9. The van der Waals surface area contributed by atoms with Crippen LogP contribution in [0.2, 0.25) is 0 Å². The van der Waals surface area contributed by atoms with Gasteiger partial charge in [0.05, 0.1) is 0 Å². The Morgan fingerprint density at radius 2 is 1.15 bits per heavy atom. The van der Waals surface area contributed by atoms with E-state index in [-0.39, 0.29) is 5.78 Å². The molecule has 0 aliphatic rings. The second-order valence-electron chi connectivity index (χ2n) is 5.40. The summed E-state index contributed by atoms with van der Waals surface area (Å²) in [6.45, 7) is 2.65. The molecule has 0 unspecified atom stereocenters. The second kappa shape index (κ2) is 9.13. The molecule has 0 bridgehead atoms. The summed E-state index contributed by atoms with van der Waals surface area (Å²) in [5.74, 6) is -0.169. The van der Waals surface area contributed by atoms with Gasteiger partial charge in [-0.3, -0.25) is 14.4 Å². The van der Waals surface area contributed by atoms with Gasteiger partial charge in [0.1, 0.15) is 11.5 Å². The average Bonchev–Trinajstić information content (AvgIpc) is 2.58. The number of hydrogen-bond donors (Lipinski definition) is 0. The molecule has 0 aliphatic heterocycles. The smallest absolute Gasteiger partial charge is 0.308 e. The second-order valence-corrected chi connectivity index (χ2v) is 5.40. The third-order valence-corrected chi connectivity index (χ3v) is 3.12. The van der Waals surface area contributed by atoms with Crippen LogP contribution in [0, 0.1) is 0 Å². The molecule has 0 spiro atoms. The molecule has 0 heterocycles. The summed E-state index contributed by atoms with van der Waals surface area (Å²) in [5, 5.41) is 0. The zero-order valence-electron chi connectivity index (χ0n) is 14.5. The maximum absolute atomic E-state index is 12.0. The number of ether oxygens (including phenoxy) is 2. The summed E-state index contributed by atoms with van der Waals surface area (Å²) in [5.41, 5.74) is 1.48. The van der Waals surface area contributed by atoms with E-state index in [9.17, 15) is 14.4 Å². The number of hydrogen-bond acceptors (Lipinski definition) is 5. The van der Waals surface area contributed by atoms with Crippen molar-refractivity contribution in [1.82, 2.24) is 0 Å².